The molecule has 94 valence electrons. The van der Waals surface area contributed by atoms with E-state index in [1.807, 2.05) is 0 Å². The van der Waals surface area contributed by atoms with E-state index in [4.69, 9.17) is 9.47 Å². The minimum absolute atomic E-state index is 0.299. The maximum atomic E-state index is 11.2. The second-order valence-corrected chi connectivity index (χ2v) is 11.6. The molecule has 0 spiro atoms. The highest BCUT2D eigenvalue weighted by atomic mass is 28.3. The third-order valence-corrected chi connectivity index (χ3v) is 3.35. The summed E-state index contributed by atoms with van der Waals surface area (Å²) in [6, 6.07) is 0.849. The van der Waals surface area contributed by atoms with Gasteiger partial charge in [-0.1, -0.05) is 19.6 Å². The van der Waals surface area contributed by atoms with Gasteiger partial charge in [-0.15, -0.1) is 0 Å². The van der Waals surface area contributed by atoms with Crippen molar-refractivity contribution in [3.8, 4) is 0 Å². The van der Waals surface area contributed by atoms with Crippen LogP contribution in [0.5, 0.6) is 0 Å². The van der Waals surface area contributed by atoms with E-state index in [1.54, 1.807) is 20.8 Å². The third kappa shape index (κ3) is 8.46. The lowest BCUT2D eigenvalue weighted by Crippen LogP contribution is -2.31. The Balaban J connectivity index is 3.95. The standard InChI is InChI=1S/C11H22O4Si/c1-11(2,3)15-10(13)9(12)14-7-8-16(4,5)6/h7-8H2,1-6H3. The number of hydrogen-bond acceptors (Lipinski definition) is 4. The Bertz CT molecular complexity index is 260. The van der Waals surface area contributed by atoms with Crippen molar-refractivity contribution in [1.29, 1.82) is 0 Å². The smallest absolute Gasteiger partial charge is 0.417 e. The van der Waals surface area contributed by atoms with E-state index in [2.05, 4.69) is 19.6 Å². The number of ether oxygens (including phenoxy) is 2. The molecule has 0 aromatic carbocycles. The molecule has 0 fully saturated rings. The summed E-state index contributed by atoms with van der Waals surface area (Å²) in [5.41, 5.74) is -0.658. The molecule has 0 aromatic rings. The highest BCUT2D eigenvalue weighted by Crippen LogP contribution is 2.09. The number of esters is 2. The third-order valence-electron chi connectivity index (χ3n) is 1.65. The summed E-state index contributed by atoms with van der Waals surface area (Å²) < 4.78 is 9.73. The normalized spacial score (nSPS) is 12.1. The van der Waals surface area contributed by atoms with E-state index in [0.29, 0.717) is 6.61 Å². The fourth-order valence-electron chi connectivity index (χ4n) is 0.829. The topological polar surface area (TPSA) is 52.6 Å². The molecule has 0 heterocycles. The summed E-state index contributed by atoms with van der Waals surface area (Å²) in [7, 11) is -1.23. The molecular weight excluding hydrogens is 224 g/mol. The second kappa shape index (κ2) is 5.47. The molecule has 0 aromatic heterocycles. The lowest BCUT2D eigenvalue weighted by atomic mass is 10.2. The quantitative estimate of drug-likeness (QED) is 0.435. The first-order valence-electron chi connectivity index (χ1n) is 5.41. The van der Waals surface area contributed by atoms with Crippen molar-refractivity contribution >= 4 is 20.0 Å². The van der Waals surface area contributed by atoms with Crippen LogP contribution >= 0.6 is 0 Å². The molecule has 0 rings (SSSR count). The summed E-state index contributed by atoms with van der Waals surface area (Å²) in [5, 5.41) is 0. The van der Waals surface area contributed by atoms with Crippen LogP contribution in [0, 0.1) is 0 Å². The van der Waals surface area contributed by atoms with Crippen molar-refractivity contribution in [2.24, 2.45) is 0 Å². The maximum Gasteiger partial charge on any atom is 0.417 e. The SMILES string of the molecule is CC(C)(C)OC(=O)C(=O)OCC[Si](C)(C)C. The lowest BCUT2D eigenvalue weighted by Gasteiger charge is -2.19. The molecule has 0 atom stereocenters. The van der Waals surface area contributed by atoms with E-state index in [1.165, 1.54) is 0 Å². The van der Waals surface area contributed by atoms with Crippen molar-refractivity contribution in [1.82, 2.24) is 0 Å². The number of hydrogen-bond donors (Lipinski definition) is 0. The van der Waals surface area contributed by atoms with Gasteiger partial charge in [0.1, 0.15) is 5.60 Å². The molecule has 0 aliphatic rings. The van der Waals surface area contributed by atoms with Crippen LogP contribution < -0.4 is 0 Å². The first kappa shape index (κ1) is 15.2. The Morgan fingerprint density at radius 3 is 1.94 bits per heavy atom. The maximum absolute atomic E-state index is 11.2. The van der Waals surface area contributed by atoms with Gasteiger partial charge in [0.15, 0.2) is 0 Å². The van der Waals surface area contributed by atoms with Crippen LogP contribution in [0.3, 0.4) is 0 Å². The Kier molecular flexibility index (Phi) is 5.19. The zero-order chi connectivity index (χ0) is 13.0. The molecule has 0 bridgehead atoms. The first-order chi connectivity index (χ1) is 7.01. The molecule has 0 radical (unpaired) electrons. The van der Waals surface area contributed by atoms with Gasteiger partial charge in [0.2, 0.25) is 0 Å². The number of rotatable bonds is 3. The average Bonchev–Trinajstić information content (AvgIpc) is 1.98. The van der Waals surface area contributed by atoms with E-state index < -0.39 is 25.6 Å². The molecule has 0 saturated carbocycles. The van der Waals surface area contributed by atoms with E-state index in [0.717, 1.165) is 6.04 Å². The predicted octanol–water partition coefficient (Wildman–Crippen LogP) is 2.21. The van der Waals surface area contributed by atoms with Crippen LogP contribution in [0.15, 0.2) is 0 Å². The van der Waals surface area contributed by atoms with Crippen molar-refractivity contribution < 1.29 is 19.1 Å². The van der Waals surface area contributed by atoms with Gasteiger partial charge in [-0.3, -0.25) is 0 Å². The first-order valence-corrected chi connectivity index (χ1v) is 9.12. The lowest BCUT2D eigenvalue weighted by molar-refractivity contribution is -0.174. The molecule has 5 heteroatoms. The summed E-state index contributed by atoms with van der Waals surface area (Å²) in [5.74, 6) is -1.81. The highest BCUT2D eigenvalue weighted by Gasteiger charge is 2.24. The minimum atomic E-state index is -1.23. The fraction of sp³-hybridized carbons (Fsp3) is 0.818. The molecule has 0 N–H and O–H groups in total. The molecule has 16 heavy (non-hydrogen) atoms. The predicted molar refractivity (Wildman–Crippen MR) is 65.0 cm³/mol. The molecule has 0 aliphatic heterocycles. The van der Waals surface area contributed by atoms with Gasteiger partial charge in [0, 0.05) is 8.07 Å². The van der Waals surface area contributed by atoms with Crippen LogP contribution in [0.2, 0.25) is 25.7 Å². The fourth-order valence-corrected chi connectivity index (χ4v) is 1.54. The van der Waals surface area contributed by atoms with E-state index in [9.17, 15) is 9.59 Å². The van der Waals surface area contributed by atoms with E-state index >= 15 is 0 Å². The average molecular weight is 246 g/mol. The van der Waals surface area contributed by atoms with Gasteiger partial charge in [-0.2, -0.15) is 0 Å². The zero-order valence-electron chi connectivity index (χ0n) is 11.0. The molecule has 0 aliphatic carbocycles. The van der Waals surface area contributed by atoms with Gasteiger partial charge >= 0.3 is 11.9 Å². The van der Waals surface area contributed by atoms with Crippen LogP contribution in [0.4, 0.5) is 0 Å². The minimum Gasteiger partial charge on any atom is -0.458 e. The summed E-state index contributed by atoms with van der Waals surface area (Å²) >= 11 is 0. The second-order valence-electron chi connectivity index (χ2n) is 5.95. The Labute approximate surface area is 98.3 Å². The Hall–Kier alpha value is -0.843. The number of carbonyl (C=O) groups is 2. The van der Waals surface area contributed by atoms with Gasteiger partial charge in [0.05, 0.1) is 6.61 Å². The Morgan fingerprint density at radius 2 is 1.56 bits per heavy atom. The van der Waals surface area contributed by atoms with Gasteiger partial charge in [-0.05, 0) is 26.8 Å². The van der Waals surface area contributed by atoms with Crippen molar-refractivity contribution in [3.05, 3.63) is 0 Å². The largest absolute Gasteiger partial charge is 0.458 e. The van der Waals surface area contributed by atoms with Crippen molar-refractivity contribution in [3.63, 3.8) is 0 Å². The Morgan fingerprint density at radius 1 is 1.06 bits per heavy atom. The number of carbonyl (C=O) groups excluding carboxylic acids is 2. The van der Waals surface area contributed by atoms with E-state index in [-0.39, 0.29) is 0 Å². The van der Waals surface area contributed by atoms with Crippen molar-refractivity contribution in [2.75, 3.05) is 6.61 Å². The van der Waals surface area contributed by atoms with Crippen LogP contribution in [0.25, 0.3) is 0 Å². The molecule has 0 saturated heterocycles. The molecule has 0 unspecified atom stereocenters. The van der Waals surface area contributed by atoms with Crippen LogP contribution in [-0.4, -0.2) is 32.2 Å². The summed E-state index contributed by atoms with van der Waals surface area (Å²) in [6.07, 6.45) is 0. The summed E-state index contributed by atoms with van der Waals surface area (Å²) in [6.45, 7) is 11.9. The van der Waals surface area contributed by atoms with Crippen LogP contribution in [-0.2, 0) is 19.1 Å². The summed E-state index contributed by atoms with van der Waals surface area (Å²) in [4.78, 5) is 22.5. The van der Waals surface area contributed by atoms with Gasteiger partial charge < -0.3 is 9.47 Å². The molecule has 4 nitrogen and oxygen atoms in total. The van der Waals surface area contributed by atoms with Crippen molar-refractivity contribution in [2.45, 2.75) is 52.1 Å². The zero-order valence-corrected chi connectivity index (χ0v) is 12.0. The van der Waals surface area contributed by atoms with Gasteiger partial charge in [0.25, 0.3) is 0 Å². The highest BCUT2D eigenvalue weighted by molar-refractivity contribution is 6.76. The molecular formula is C11H22O4Si. The molecule has 0 amide bonds. The van der Waals surface area contributed by atoms with Gasteiger partial charge in [-0.25, -0.2) is 9.59 Å². The van der Waals surface area contributed by atoms with Crippen LogP contribution in [0.1, 0.15) is 20.8 Å². The monoisotopic (exact) mass is 246 g/mol.